The van der Waals surface area contributed by atoms with E-state index in [0.29, 0.717) is 11.2 Å². The number of hydrogen-bond donors (Lipinski definition) is 0. The second-order valence-corrected chi connectivity index (χ2v) is 15.4. The zero-order chi connectivity index (χ0) is 35.8. The van der Waals surface area contributed by atoms with Gasteiger partial charge in [-0.05, 0) is 111 Å². The Balaban J connectivity index is 1.43. The summed E-state index contributed by atoms with van der Waals surface area (Å²) in [7, 11) is 0. The van der Waals surface area contributed by atoms with Crippen LogP contribution in [-0.2, 0) is 10.8 Å². The minimum atomic E-state index is -2.16. The lowest BCUT2D eigenvalue weighted by atomic mass is 9.43. The van der Waals surface area contributed by atoms with E-state index in [2.05, 4.69) is 19.1 Å². The first kappa shape index (κ1) is 35.7. The summed E-state index contributed by atoms with van der Waals surface area (Å²) in [6.07, 6.45) is 7.59. The molecule has 4 saturated carbocycles. The fraction of sp³-hybridized carbons (Fsp3) is 0.550. The molecule has 3 aromatic rings. The van der Waals surface area contributed by atoms with Gasteiger partial charge in [0.15, 0.2) is 46.5 Å². The Hall–Kier alpha value is -3.10. The molecule has 0 N–H and O–H groups in total. The second-order valence-electron chi connectivity index (χ2n) is 15.4. The predicted molar refractivity (Wildman–Crippen MR) is 173 cm³/mol. The van der Waals surface area contributed by atoms with E-state index in [4.69, 9.17) is 4.74 Å². The quantitative estimate of drug-likeness (QED) is 0.152. The number of benzene rings is 3. The molecule has 7 rings (SSSR count). The number of rotatable bonds is 10. The van der Waals surface area contributed by atoms with Gasteiger partial charge in [-0.1, -0.05) is 46.8 Å². The Kier molecular flexibility index (Phi) is 8.96. The Morgan fingerprint density at radius 3 is 1.49 bits per heavy atom. The Morgan fingerprint density at radius 1 is 0.633 bits per heavy atom. The molecule has 9 heteroatoms. The fourth-order valence-corrected chi connectivity index (χ4v) is 11.0. The van der Waals surface area contributed by atoms with Crippen molar-refractivity contribution in [3.8, 4) is 16.9 Å². The first-order chi connectivity index (χ1) is 23.1. The standard InChI is InChI=1S/C40H44F8O/c1-7-39(8-2,28-35(47)33(45)27(34(46)36(28)48)26-31(43)29(41)21(5)30(42)32(26)44)40(9-3,10-4)49-25-13-11-24(12-14-25)38-18-22-15-23(19-38)17-37(6,16-22)20-38/h11-14,22-23H,7-10,15-20H2,1-6H3. The highest BCUT2D eigenvalue weighted by Gasteiger charge is 2.57. The maximum absolute atomic E-state index is 16.3. The molecule has 0 spiro atoms. The van der Waals surface area contributed by atoms with Crippen LogP contribution in [0.15, 0.2) is 24.3 Å². The molecular formula is C40H44F8O. The van der Waals surface area contributed by atoms with Crippen LogP contribution >= 0.6 is 0 Å². The van der Waals surface area contributed by atoms with Crippen molar-refractivity contribution in [3.05, 3.63) is 87.5 Å². The van der Waals surface area contributed by atoms with E-state index in [1.807, 2.05) is 12.1 Å². The van der Waals surface area contributed by atoms with Crippen molar-refractivity contribution >= 4 is 0 Å². The average Bonchev–Trinajstić information content (AvgIpc) is 3.07. The third-order valence-electron chi connectivity index (χ3n) is 12.8. The maximum Gasteiger partial charge on any atom is 0.170 e. The summed E-state index contributed by atoms with van der Waals surface area (Å²) in [5.74, 6) is -14.4. The largest absolute Gasteiger partial charge is 0.486 e. The van der Waals surface area contributed by atoms with E-state index in [9.17, 15) is 17.6 Å². The Bertz CT molecular complexity index is 1700. The van der Waals surface area contributed by atoms with Gasteiger partial charge in [0.05, 0.1) is 11.1 Å². The van der Waals surface area contributed by atoms with Crippen LogP contribution in [0.4, 0.5) is 35.1 Å². The molecule has 49 heavy (non-hydrogen) atoms. The van der Waals surface area contributed by atoms with Crippen molar-refractivity contribution in [2.75, 3.05) is 0 Å². The third kappa shape index (κ3) is 5.13. The molecule has 0 aliphatic heterocycles. The Morgan fingerprint density at radius 2 is 1.08 bits per heavy atom. The topological polar surface area (TPSA) is 9.23 Å². The molecular weight excluding hydrogens is 648 g/mol. The molecule has 4 aliphatic rings. The number of halogens is 8. The average molecular weight is 693 g/mol. The van der Waals surface area contributed by atoms with Crippen LogP contribution < -0.4 is 4.74 Å². The van der Waals surface area contributed by atoms with E-state index in [1.54, 1.807) is 27.7 Å². The molecule has 0 heterocycles. The van der Waals surface area contributed by atoms with Gasteiger partial charge in [0, 0.05) is 16.5 Å². The van der Waals surface area contributed by atoms with E-state index >= 15 is 17.6 Å². The first-order valence-corrected chi connectivity index (χ1v) is 17.6. The van der Waals surface area contributed by atoms with E-state index in [0.717, 1.165) is 38.0 Å². The van der Waals surface area contributed by atoms with E-state index in [-0.39, 0.29) is 31.1 Å². The van der Waals surface area contributed by atoms with Crippen molar-refractivity contribution in [1.82, 2.24) is 0 Å². The van der Waals surface area contributed by atoms with E-state index in [1.165, 1.54) is 24.8 Å². The normalized spacial score (nSPS) is 24.9. The summed E-state index contributed by atoms with van der Waals surface area (Å²) in [6, 6.07) is 7.85. The van der Waals surface area contributed by atoms with Crippen molar-refractivity contribution in [2.45, 2.75) is 122 Å². The summed E-state index contributed by atoms with van der Waals surface area (Å²) in [4.78, 5) is 0. The highest BCUT2D eigenvalue weighted by atomic mass is 19.2. The number of hydrogen-bond acceptors (Lipinski definition) is 1. The van der Waals surface area contributed by atoms with Gasteiger partial charge in [0.1, 0.15) is 11.4 Å². The van der Waals surface area contributed by atoms with Crippen molar-refractivity contribution in [2.24, 2.45) is 17.3 Å². The molecule has 4 bridgehead atoms. The minimum absolute atomic E-state index is 0.0314. The maximum atomic E-state index is 16.3. The van der Waals surface area contributed by atoms with Crippen LogP contribution in [0.25, 0.3) is 11.1 Å². The van der Waals surface area contributed by atoms with Crippen molar-refractivity contribution in [1.29, 1.82) is 0 Å². The van der Waals surface area contributed by atoms with Gasteiger partial charge in [-0.2, -0.15) is 0 Å². The summed E-state index contributed by atoms with van der Waals surface area (Å²) >= 11 is 0. The van der Waals surface area contributed by atoms with Gasteiger partial charge < -0.3 is 4.74 Å². The van der Waals surface area contributed by atoms with Crippen LogP contribution in [-0.4, -0.2) is 5.60 Å². The SMILES string of the molecule is CCC(CC)(Oc1ccc(C23CC4CC(CC(C)(C4)C2)C3)cc1)C(CC)(CC)c1c(F)c(F)c(-c2c(F)c(F)c(C)c(F)c2F)c(F)c1F. The van der Waals surface area contributed by atoms with Crippen molar-refractivity contribution < 1.29 is 39.9 Å². The van der Waals surface area contributed by atoms with Gasteiger partial charge in [-0.25, -0.2) is 35.1 Å². The van der Waals surface area contributed by atoms with Gasteiger partial charge >= 0.3 is 0 Å². The molecule has 1 nitrogen and oxygen atoms in total. The van der Waals surface area contributed by atoms with Crippen LogP contribution in [0.3, 0.4) is 0 Å². The van der Waals surface area contributed by atoms with Crippen LogP contribution in [0.1, 0.15) is 116 Å². The molecule has 266 valence electrons. The van der Waals surface area contributed by atoms with Gasteiger partial charge in [0.2, 0.25) is 0 Å². The Labute approximate surface area is 283 Å². The van der Waals surface area contributed by atoms with E-state index < -0.39 is 79.8 Å². The van der Waals surface area contributed by atoms with Crippen LogP contribution in [0, 0.1) is 70.7 Å². The predicted octanol–water partition coefficient (Wildman–Crippen LogP) is 12.3. The third-order valence-corrected chi connectivity index (χ3v) is 12.8. The van der Waals surface area contributed by atoms with Gasteiger partial charge in [-0.3, -0.25) is 0 Å². The molecule has 2 unspecified atom stereocenters. The monoisotopic (exact) mass is 692 g/mol. The molecule has 0 radical (unpaired) electrons. The molecule has 0 saturated heterocycles. The zero-order valence-electron chi connectivity index (χ0n) is 29.0. The lowest BCUT2D eigenvalue weighted by Crippen LogP contribution is -2.55. The lowest BCUT2D eigenvalue weighted by molar-refractivity contribution is -0.0616. The minimum Gasteiger partial charge on any atom is -0.486 e. The fourth-order valence-electron chi connectivity index (χ4n) is 11.0. The molecule has 0 amide bonds. The van der Waals surface area contributed by atoms with Crippen LogP contribution in [0.2, 0.25) is 0 Å². The smallest absolute Gasteiger partial charge is 0.170 e. The summed E-state index contributed by atoms with van der Waals surface area (Å²) in [5.41, 5.74) is -7.17. The summed E-state index contributed by atoms with van der Waals surface area (Å²) in [6.45, 7) is 9.89. The first-order valence-electron chi connectivity index (χ1n) is 17.6. The lowest BCUT2D eigenvalue weighted by Gasteiger charge is -2.61. The molecule has 0 aromatic heterocycles. The van der Waals surface area contributed by atoms with Gasteiger partial charge in [-0.15, -0.1) is 0 Å². The molecule has 4 aliphatic carbocycles. The molecule has 2 atom stereocenters. The van der Waals surface area contributed by atoms with Gasteiger partial charge in [0.25, 0.3) is 0 Å². The van der Waals surface area contributed by atoms with Crippen molar-refractivity contribution in [3.63, 3.8) is 0 Å². The molecule has 4 fully saturated rings. The summed E-state index contributed by atoms with van der Waals surface area (Å²) < 4.78 is 130. The second kappa shape index (κ2) is 12.3. The van der Waals surface area contributed by atoms with Crippen LogP contribution in [0.5, 0.6) is 5.75 Å². The number of ether oxygens (including phenoxy) is 1. The zero-order valence-corrected chi connectivity index (χ0v) is 29.0. The molecule has 3 aromatic carbocycles. The highest BCUT2D eigenvalue weighted by molar-refractivity contribution is 5.68. The summed E-state index contributed by atoms with van der Waals surface area (Å²) in [5, 5.41) is 0. The highest BCUT2D eigenvalue weighted by Crippen LogP contribution is 2.65.